The minimum absolute atomic E-state index is 0.0458. The van der Waals surface area contributed by atoms with Crippen LogP contribution in [0.2, 0.25) is 0 Å². The van der Waals surface area contributed by atoms with Crippen LogP contribution in [-0.2, 0) is 11.8 Å². The van der Waals surface area contributed by atoms with Gasteiger partial charge in [-0.15, -0.1) is 0 Å². The molecule has 1 fully saturated rings. The lowest BCUT2D eigenvalue weighted by Gasteiger charge is -2.20. The first-order valence-corrected chi connectivity index (χ1v) is 5.62. The number of carbonyl (C=O) groups is 2. The number of aliphatic hydroxyl groups excluding tert-OH is 1. The zero-order chi connectivity index (χ0) is 13.4. The maximum atomic E-state index is 12.2. The molecule has 0 spiro atoms. The largest absolute Gasteiger partial charge is 0.480 e. The van der Waals surface area contributed by atoms with Gasteiger partial charge in [0.15, 0.2) is 0 Å². The Bertz CT molecular complexity index is 496. The summed E-state index contributed by atoms with van der Waals surface area (Å²) in [5.41, 5.74) is 1.04. The lowest BCUT2D eigenvalue weighted by molar-refractivity contribution is -0.141. The number of nitrogens with zero attached hydrogens (tertiary/aromatic N) is 3. The van der Waals surface area contributed by atoms with E-state index in [1.807, 2.05) is 0 Å². The van der Waals surface area contributed by atoms with Gasteiger partial charge in [-0.1, -0.05) is 0 Å². The van der Waals surface area contributed by atoms with Gasteiger partial charge in [0, 0.05) is 25.7 Å². The molecule has 98 valence electrons. The number of aliphatic hydroxyl groups is 1. The summed E-state index contributed by atoms with van der Waals surface area (Å²) in [7, 11) is 1.71. The van der Waals surface area contributed by atoms with Crippen LogP contribution in [-0.4, -0.2) is 55.5 Å². The van der Waals surface area contributed by atoms with Gasteiger partial charge in [-0.2, -0.15) is 5.10 Å². The molecule has 18 heavy (non-hydrogen) atoms. The SMILES string of the molecule is Cc1c(C(=O)N2C[C@H](O)C[C@H]2C(=O)O)cnn1C. The zero-order valence-electron chi connectivity index (χ0n) is 10.2. The van der Waals surface area contributed by atoms with Crippen molar-refractivity contribution in [1.29, 1.82) is 0 Å². The van der Waals surface area contributed by atoms with Gasteiger partial charge >= 0.3 is 5.97 Å². The van der Waals surface area contributed by atoms with Gasteiger partial charge in [0.05, 0.1) is 17.9 Å². The summed E-state index contributed by atoms with van der Waals surface area (Å²) in [6.07, 6.45) is 0.703. The van der Waals surface area contributed by atoms with E-state index < -0.39 is 24.0 Å². The average molecular weight is 253 g/mol. The highest BCUT2D eigenvalue weighted by Gasteiger charge is 2.39. The smallest absolute Gasteiger partial charge is 0.326 e. The number of likely N-dealkylation sites (tertiary alicyclic amines) is 1. The molecule has 0 bridgehead atoms. The average Bonchev–Trinajstić information content (AvgIpc) is 2.84. The van der Waals surface area contributed by atoms with Crippen molar-refractivity contribution in [3.63, 3.8) is 0 Å². The summed E-state index contributed by atoms with van der Waals surface area (Å²) in [5, 5.41) is 22.5. The molecule has 1 aliphatic rings. The number of amides is 1. The molecule has 0 aromatic carbocycles. The highest BCUT2D eigenvalue weighted by Crippen LogP contribution is 2.21. The van der Waals surface area contributed by atoms with Crippen molar-refractivity contribution in [1.82, 2.24) is 14.7 Å². The van der Waals surface area contributed by atoms with Crippen LogP contribution in [0.5, 0.6) is 0 Å². The van der Waals surface area contributed by atoms with Gasteiger partial charge in [0.25, 0.3) is 5.91 Å². The van der Waals surface area contributed by atoms with E-state index in [2.05, 4.69) is 5.10 Å². The minimum Gasteiger partial charge on any atom is -0.480 e. The Morgan fingerprint density at radius 2 is 2.17 bits per heavy atom. The van der Waals surface area contributed by atoms with E-state index in [9.17, 15) is 14.7 Å². The predicted molar refractivity (Wildman–Crippen MR) is 61.0 cm³/mol. The Labute approximate surface area is 104 Å². The molecule has 0 saturated carbocycles. The van der Waals surface area contributed by atoms with E-state index in [0.717, 1.165) is 0 Å². The number of aryl methyl sites for hydroxylation is 1. The maximum Gasteiger partial charge on any atom is 0.326 e. The van der Waals surface area contributed by atoms with Gasteiger partial charge in [0.2, 0.25) is 0 Å². The van der Waals surface area contributed by atoms with Crippen LogP contribution >= 0.6 is 0 Å². The van der Waals surface area contributed by atoms with E-state index in [-0.39, 0.29) is 13.0 Å². The lowest BCUT2D eigenvalue weighted by atomic mass is 10.2. The molecular weight excluding hydrogens is 238 g/mol. The molecule has 2 rings (SSSR count). The molecule has 1 aliphatic heterocycles. The fourth-order valence-electron chi connectivity index (χ4n) is 2.14. The molecule has 1 aromatic rings. The number of rotatable bonds is 2. The molecule has 0 aliphatic carbocycles. The molecule has 7 heteroatoms. The number of β-amino-alcohol motifs (C(OH)–C–C–N with tert-alkyl or cyclic N) is 1. The Morgan fingerprint density at radius 3 is 2.67 bits per heavy atom. The molecule has 2 N–H and O–H groups in total. The van der Waals surface area contributed by atoms with Crippen LogP contribution < -0.4 is 0 Å². The van der Waals surface area contributed by atoms with E-state index in [1.54, 1.807) is 18.7 Å². The minimum atomic E-state index is -1.10. The molecule has 7 nitrogen and oxygen atoms in total. The first-order chi connectivity index (χ1) is 8.41. The van der Waals surface area contributed by atoms with Crippen LogP contribution in [0.4, 0.5) is 0 Å². The van der Waals surface area contributed by atoms with Crippen LogP contribution in [0.25, 0.3) is 0 Å². The third-order valence-electron chi connectivity index (χ3n) is 3.29. The van der Waals surface area contributed by atoms with Crippen LogP contribution in [0, 0.1) is 6.92 Å². The highest BCUT2D eigenvalue weighted by molar-refractivity contribution is 5.97. The number of hydrogen-bond donors (Lipinski definition) is 2. The van der Waals surface area contributed by atoms with Crippen molar-refractivity contribution in [3.05, 3.63) is 17.5 Å². The monoisotopic (exact) mass is 253 g/mol. The number of aliphatic carboxylic acids is 1. The van der Waals surface area contributed by atoms with Crippen molar-refractivity contribution in [2.75, 3.05) is 6.54 Å². The first kappa shape index (κ1) is 12.6. The third-order valence-corrected chi connectivity index (χ3v) is 3.29. The van der Waals surface area contributed by atoms with Gasteiger partial charge in [-0.3, -0.25) is 9.48 Å². The summed E-state index contributed by atoms with van der Waals surface area (Å²) in [6.45, 7) is 1.78. The molecule has 2 heterocycles. The quantitative estimate of drug-likeness (QED) is 0.733. The first-order valence-electron chi connectivity index (χ1n) is 5.62. The molecule has 2 atom stereocenters. The summed E-state index contributed by atoms with van der Waals surface area (Å²) in [5.74, 6) is -1.49. The summed E-state index contributed by atoms with van der Waals surface area (Å²) >= 11 is 0. The van der Waals surface area contributed by atoms with E-state index in [1.165, 1.54) is 11.1 Å². The second kappa shape index (κ2) is 4.41. The van der Waals surface area contributed by atoms with Crippen molar-refractivity contribution >= 4 is 11.9 Å². The molecule has 0 radical (unpaired) electrons. The molecule has 1 saturated heterocycles. The predicted octanol–water partition coefficient (Wildman–Crippen LogP) is -0.611. The Balaban J connectivity index is 2.28. The van der Waals surface area contributed by atoms with Gasteiger partial charge in [-0.05, 0) is 6.92 Å². The molecule has 1 aromatic heterocycles. The number of carbonyl (C=O) groups excluding carboxylic acids is 1. The Kier molecular flexibility index (Phi) is 3.08. The normalized spacial score (nSPS) is 23.4. The summed E-state index contributed by atoms with van der Waals surface area (Å²) < 4.78 is 1.55. The van der Waals surface area contributed by atoms with Crippen molar-refractivity contribution < 1.29 is 19.8 Å². The van der Waals surface area contributed by atoms with Gasteiger partial charge in [-0.25, -0.2) is 4.79 Å². The van der Waals surface area contributed by atoms with E-state index in [4.69, 9.17) is 5.11 Å². The summed E-state index contributed by atoms with van der Waals surface area (Å²) in [4.78, 5) is 24.5. The molecule has 0 unspecified atom stereocenters. The molecule has 1 amide bonds. The topological polar surface area (TPSA) is 95.7 Å². The summed E-state index contributed by atoms with van der Waals surface area (Å²) in [6, 6.07) is -0.966. The molecular formula is C11H15N3O4. The van der Waals surface area contributed by atoms with Gasteiger partial charge in [0.1, 0.15) is 6.04 Å². The fourth-order valence-corrected chi connectivity index (χ4v) is 2.14. The van der Waals surface area contributed by atoms with Crippen LogP contribution in [0.3, 0.4) is 0 Å². The number of hydrogen-bond acceptors (Lipinski definition) is 4. The van der Waals surface area contributed by atoms with Crippen LogP contribution in [0.15, 0.2) is 6.20 Å². The van der Waals surface area contributed by atoms with Gasteiger partial charge < -0.3 is 15.1 Å². The zero-order valence-corrected chi connectivity index (χ0v) is 10.2. The second-order valence-corrected chi connectivity index (χ2v) is 4.47. The highest BCUT2D eigenvalue weighted by atomic mass is 16.4. The number of aromatic nitrogens is 2. The lowest BCUT2D eigenvalue weighted by Crippen LogP contribution is -2.40. The van der Waals surface area contributed by atoms with Crippen LogP contribution in [0.1, 0.15) is 22.5 Å². The number of carboxylic acid groups (broad SMARTS) is 1. The maximum absolute atomic E-state index is 12.2. The standard InChI is InChI=1S/C11H15N3O4/c1-6-8(4-12-13(6)2)10(16)14-5-7(15)3-9(14)11(17)18/h4,7,9,15H,3,5H2,1-2H3,(H,17,18)/t7-,9+/m1/s1. The van der Waals surface area contributed by atoms with E-state index in [0.29, 0.717) is 11.3 Å². The Morgan fingerprint density at radius 1 is 1.50 bits per heavy atom. The van der Waals surface area contributed by atoms with Crippen molar-refractivity contribution in [2.24, 2.45) is 7.05 Å². The number of carboxylic acids is 1. The second-order valence-electron chi connectivity index (χ2n) is 4.47. The third kappa shape index (κ3) is 1.97. The van der Waals surface area contributed by atoms with E-state index >= 15 is 0 Å². The van der Waals surface area contributed by atoms with Crippen molar-refractivity contribution in [3.8, 4) is 0 Å². The van der Waals surface area contributed by atoms with Crippen molar-refractivity contribution in [2.45, 2.75) is 25.5 Å². The fraction of sp³-hybridized carbons (Fsp3) is 0.545. The Hall–Kier alpha value is -1.89.